The summed E-state index contributed by atoms with van der Waals surface area (Å²) in [5, 5.41) is 1.13. The van der Waals surface area contributed by atoms with Crippen LogP contribution in [0.1, 0.15) is 5.69 Å². The summed E-state index contributed by atoms with van der Waals surface area (Å²) in [5.74, 6) is 0. The summed E-state index contributed by atoms with van der Waals surface area (Å²) in [4.78, 5) is 11.7. The standard InChI is InChI=1S/C11H9N3/c1-7-2-3-8-9(14-7)4-5-10-11(8)13-6-12-10/h2-6,14H,1H3. The molecular formula is C11H9N3. The second kappa shape index (κ2) is 2.54. The van der Waals surface area contributed by atoms with E-state index in [4.69, 9.17) is 0 Å². The third-order valence-corrected chi connectivity index (χ3v) is 2.41. The predicted octanol–water partition coefficient (Wildman–Crippen LogP) is 2.42. The summed E-state index contributed by atoms with van der Waals surface area (Å²) in [5.41, 5.74) is 4.18. The van der Waals surface area contributed by atoms with Gasteiger partial charge in [0.2, 0.25) is 0 Å². The van der Waals surface area contributed by atoms with E-state index < -0.39 is 0 Å². The molecular weight excluding hydrogens is 174 g/mol. The molecule has 3 heteroatoms. The van der Waals surface area contributed by atoms with Gasteiger partial charge >= 0.3 is 0 Å². The van der Waals surface area contributed by atoms with Crippen molar-refractivity contribution >= 4 is 21.9 Å². The number of aryl methyl sites for hydroxylation is 1. The molecule has 0 fully saturated rings. The molecule has 3 rings (SSSR count). The Hall–Kier alpha value is -1.90. The molecule has 0 aliphatic heterocycles. The first kappa shape index (κ1) is 7.50. The van der Waals surface area contributed by atoms with Crippen molar-refractivity contribution in [3.8, 4) is 0 Å². The number of hydrogen-bond acceptors (Lipinski definition) is 2. The van der Waals surface area contributed by atoms with Crippen LogP contribution in [-0.4, -0.2) is 15.0 Å². The van der Waals surface area contributed by atoms with Gasteiger partial charge in [0.25, 0.3) is 0 Å². The fraction of sp³-hybridized carbons (Fsp3) is 0.0909. The average molecular weight is 183 g/mol. The molecule has 0 aliphatic carbocycles. The van der Waals surface area contributed by atoms with Crippen LogP contribution in [0.2, 0.25) is 0 Å². The van der Waals surface area contributed by atoms with E-state index in [1.54, 1.807) is 6.33 Å². The third-order valence-electron chi connectivity index (χ3n) is 2.41. The number of H-pyrrole nitrogens is 1. The molecule has 2 aromatic heterocycles. The van der Waals surface area contributed by atoms with Crippen molar-refractivity contribution < 1.29 is 0 Å². The zero-order valence-electron chi connectivity index (χ0n) is 7.78. The first-order chi connectivity index (χ1) is 6.84. The number of nitrogens with one attached hydrogen (secondary N) is 1. The minimum atomic E-state index is 0.953. The van der Waals surface area contributed by atoms with Crippen LogP contribution in [0.4, 0.5) is 0 Å². The zero-order valence-corrected chi connectivity index (χ0v) is 7.78. The maximum absolute atomic E-state index is 4.25. The zero-order chi connectivity index (χ0) is 9.54. The molecule has 68 valence electrons. The number of pyridine rings is 1. The van der Waals surface area contributed by atoms with Crippen LogP contribution in [-0.2, 0) is 0 Å². The van der Waals surface area contributed by atoms with Gasteiger partial charge in [0.1, 0.15) is 6.33 Å². The number of hydrogen-bond donors (Lipinski definition) is 1. The molecule has 0 atom stereocenters. The summed E-state index contributed by atoms with van der Waals surface area (Å²) < 4.78 is 0. The number of nitrogens with zero attached hydrogens (tertiary/aromatic N) is 2. The van der Waals surface area contributed by atoms with Crippen LogP contribution in [0, 0.1) is 6.92 Å². The Balaban J connectivity index is 2.57. The Labute approximate surface area is 80.8 Å². The fourth-order valence-electron chi connectivity index (χ4n) is 1.73. The van der Waals surface area contributed by atoms with Crippen molar-refractivity contribution in [2.45, 2.75) is 6.92 Å². The lowest BCUT2D eigenvalue weighted by molar-refractivity contribution is 1.26. The van der Waals surface area contributed by atoms with E-state index in [2.05, 4.69) is 27.1 Å². The fourth-order valence-corrected chi connectivity index (χ4v) is 1.73. The van der Waals surface area contributed by atoms with Crippen molar-refractivity contribution in [3.63, 3.8) is 0 Å². The van der Waals surface area contributed by atoms with Gasteiger partial charge in [-0.05, 0) is 31.2 Å². The Bertz CT molecular complexity index is 610. The molecule has 3 nitrogen and oxygen atoms in total. The minimum absolute atomic E-state index is 0.953. The Morgan fingerprint density at radius 2 is 2.00 bits per heavy atom. The van der Waals surface area contributed by atoms with Gasteiger partial charge in [0, 0.05) is 16.6 Å². The second-order valence-corrected chi connectivity index (χ2v) is 3.41. The molecule has 0 saturated carbocycles. The van der Waals surface area contributed by atoms with E-state index in [9.17, 15) is 0 Å². The molecule has 14 heavy (non-hydrogen) atoms. The third kappa shape index (κ3) is 0.923. The minimum Gasteiger partial charge on any atom is -0.359 e. The van der Waals surface area contributed by atoms with E-state index in [1.165, 1.54) is 0 Å². The molecule has 0 amide bonds. The molecule has 0 bridgehead atoms. The smallest absolute Gasteiger partial charge is 0.116 e. The molecule has 1 N–H and O–H groups in total. The maximum atomic E-state index is 4.25. The lowest BCUT2D eigenvalue weighted by Crippen LogP contribution is -1.83. The van der Waals surface area contributed by atoms with Gasteiger partial charge in [-0.3, -0.25) is 0 Å². The summed E-state index contributed by atoms with van der Waals surface area (Å²) in [6.45, 7) is 2.04. The van der Waals surface area contributed by atoms with Crippen LogP contribution >= 0.6 is 0 Å². The molecule has 0 spiro atoms. The van der Waals surface area contributed by atoms with E-state index in [0.717, 1.165) is 27.6 Å². The first-order valence-corrected chi connectivity index (χ1v) is 4.53. The van der Waals surface area contributed by atoms with Gasteiger partial charge in [0.15, 0.2) is 0 Å². The van der Waals surface area contributed by atoms with Gasteiger partial charge in [-0.2, -0.15) is 0 Å². The van der Waals surface area contributed by atoms with E-state index in [0.29, 0.717) is 0 Å². The van der Waals surface area contributed by atoms with E-state index >= 15 is 0 Å². The van der Waals surface area contributed by atoms with Crippen molar-refractivity contribution in [3.05, 3.63) is 36.3 Å². The van der Waals surface area contributed by atoms with Crippen molar-refractivity contribution in [1.82, 2.24) is 15.0 Å². The SMILES string of the molecule is Cc1ccc2c(ccc3ncnc32)[nH]1. The number of benzene rings is 1. The van der Waals surface area contributed by atoms with Gasteiger partial charge in [-0.15, -0.1) is 0 Å². The Morgan fingerprint density at radius 1 is 1.07 bits per heavy atom. The molecule has 0 radical (unpaired) electrons. The monoisotopic (exact) mass is 183 g/mol. The van der Waals surface area contributed by atoms with Gasteiger partial charge in [-0.1, -0.05) is 0 Å². The van der Waals surface area contributed by atoms with Gasteiger partial charge in [0.05, 0.1) is 11.0 Å². The first-order valence-electron chi connectivity index (χ1n) is 4.53. The number of aromatic nitrogens is 3. The van der Waals surface area contributed by atoms with E-state index in [1.807, 2.05) is 19.1 Å². The summed E-state index contributed by atoms with van der Waals surface area (Å²) in [7, 11) is 0. The highest BCUT2D eigenvalue weighted by Crippen LogP contribution is 2.21. The predicted molar refractivity (Wildman–Crippen MR) is 56.1 cm³/mol. The summed E-state index contributed by atoms with van der Waals surface area (Å²) in [6.07, 6.45) is 1.60. The average Bonchev–Trinajstić information content (AvgIpc) is 2.65. The number of rotatable bonds is 0. The molecule has 0 unspecified atom stereocenters. The summed E-state index contributed by atoms with van der Waals surface area (Å²) in [6, 6.07) is 8.16. The van der Waals surface area contributed by atoms with Crippen LogP contribution in [0.25, 0.3) is 21.9 Å². The van der Waals surface area contributed by atoms with Gasteiger partial charge in [-0.25, -0.2) is 9.97 Å². The van der Waals surface area contributed by atoms with Crippen LogP contribution in [0.3, 0.4) is 0 Å². The highest BCUT2D eigenvalue weighted by molar-refractivity contribution is 6.02. The number of aromatic amines is 1. The highest BCUT2D eigenvalue weighted by atomic mass is 14.9. The highest BCUT2D eigenvalue weighted by Gasteiger charge is 2.02. The summed E-state index contributed by atoms with van der Waals surface area (Å²) >= 11 is 0. The molecule has 0 aliphatic rings. The van der Waals surface area contributed by atoms with Crippen LogP contribution in [0.5, 0.6) is 0 Å². The maximum Gasteiger partial charge on any atom is 0.116 e. The lowest BCUT2D eigenvalue weighted by Gasteiger charge is -2.00. The van der Waals surface area contributed by atoms with Crippen LogP contribution < -0.4 is 0 Å². The Kier molecular flexibility index (Phi) is 1.36. The number of imidazole rings is 1. The second-order valence-electron chi connectivity index (χ2n) is 3.41. The largest absolute Gasteiger partial charge is 0.359 e. The van der Waals surface area contributed by atoms with Crippen molar-refractivity contribution in [1.29, 1.82) is 0 Å². The van der Waals surface area contributed by atoms with E-state index in [-0.39, 0.29) is 0 Å². The van der Waals surface area contributed by atoms with Gasteiger partial charge < -0.3 is 4.98 Å². The molecule has 3 aromatic rings. The van der Waals surface area contributed by atoms with Crippen molar-refractivity contribution in [2.75, 3.05) is 0 Å². The topological polar surface area (TPSA) is 41.6 Å². The van der Waals surface area contributed by atoms with Crippen LogP contribution in [0.15, 0.2) is 30.6 Å². The Morgan fingerprint density at radius 3 is 2.93 bits per heavy atom. The molecule has 0 saturated heterocycles. The van der Waals surface area contributed by atoms with Crippen molar-refractivity contribution in [2.24, 2.45) is 0 Å². The molecule has 2 heterocycles. The number of fused-ring (bicyclic) bond motifs is 3. The quantitative estimate of drug-likeness (QED) is 0.581. The normalized spacial score (nSPS) is 11.2. The molecule has 1 aromatic carbocycles. The lowest BCUT2D eigenvalue weighted by atomic mass is 10.2.